The van der Waals surface area contributed by atoms with Crippen molar-refractivity contribution in [2.45, 2.75) is 43.7 Å². The van der Waals surface area contributed by atoms with E-state index >= 15 is 0 Å². The minimum Gasteiger partial charge on any atom is -0.395 e. The van der Waals surface area contributed by atoms with Gasteiger partial charge in [-0.05, 0) is 25.0 Å². The molecule has 0 saturated carbocycles. The van der Waals surface area contributed by atoms with E-state index in [1.807, 2.05) is 0 Å². The molecular weight excluding hydrogens is 378 g/mol. The van der Waals surface area contributed by atoms with Gasteiger partial charge in [-0.1, -0.05) is 17.3 Å². The Morgan fingerprint density at radius 1 is 1.03 bits per heavy atom. The van der Waals surface area contributed by atoms with Crippen LogP contribution in [0.5, 0.6) is 0 Å². The smallest absolute Gasteiger partial charge is 0.261 e. The quantitative estimate of drug-likeness (QED) is 0.414. The van der Waals surface area contributed by atoms with Crippen LogP contribution < -0.4 is 5.32 Å². The maximum Gasteiger partial charge on any atom is 0.261 e. The van der Waals surface area contributed by atoms with Crippen LogP contribution in [0.4, 0.5) is 0 Å². The van der Waals surface area contributed by atoms with Crippen LogP contribution in [-0.4, -0.2) is 84.5 Å². The molecule has 10 heteroatoms. The van der Waals surface area contributed by atoms with Crippen LogP contribution in [0.2, 0.25) is 0 Å². The van der Waals surface area contributed by atoms with Crippen LogP contribution in [-0.2, 0) is 13.0 Å². The van der Waals surface area contributed by atoms with Crippen molar-refractivity contribution in [2.24, 2.45) is 0 Å². The zero-order valence-electron chi connectivity index (χ0n) is 15.7. The molecule has 0 bridgehead atoms. The Bertz CT molecular complexity index is 881. The predicted molar refractivity (Wildman–Crippen MR) is 100.0 cm³/mol. The van der Waals surface area contributed by atoms with E-state index in [2.05, 4.69) is 15.6 Å². The minimum atomic E-state index is -1.03. The summed E-state index contributed by atoms with van der Waals surface area (Å²) >= 11 is 0. The number of aryl methyl sites for hydroxylation is 1. The molecule has 4 N–H and O–H groups in total. The number of aromatic nitrogens is 3. The van der Waals surface area contributed by atoms with Crippen LogP contribution in [0.15, 0.2) is 30.5 Å². The first-order valence-corrected chi connectivity index (χ1v) is 9.57. The molecule has 1 fully saturated rings. The van der Waals surface area contributed by atoms with E-state index in [1.165, 1.54) is 4.90 Å². The van der Waals surface area contributed by atoms with Crippen molar-refractivity contribution >= 4 is 11.8 Å². The van der Waals surface area contributed by atoms with E-state index in [4.69, 9.17) is 0 Å². The summed E-state index contributed by atoms with van der Waals surface area (Å²) in [6.45, 7) is 0.321. The third-order valence-electron chi connectivity index (χ3n) is 5.46. The summed E-state index contributed by atoms with van der Waals surface area (Å²) in [6.07, 6.45) is 0.784. The van der Waals surface area contributed by atoms with Crippen LogP contribution >= 0.6 is 0 Å². The first kappa shape index (κ1) is 19.6. The monoisotopic (exact) mass is 401 g/mol. The van der Waals surface area contributed by atoms with Gasteiger partial charge in [0.05, 0.1) is 54.3 Å². The van der Waals surface area contributed by atoms with Crippen molar-refractivity contribution in [3.63, 3.8) is 0 Å². The largest absolute Gasteiger partial charge is 0.395 e. The van der Waals surface area contributed by atoms with Crippen molar-refractivity contribution < 1.29 is 24.9 Å². The molecule has 1 aromatic carbocycles. The Kier molecular flexibility index (Phi) is 5.41. The lowest BCUT2D eigenvalue weighted by Gasteiger charge is -2.15. The number of hydrogen-bond acceptors (Lipinski definition) is 8. The van der Waals surface area contributed by atoms with Crippen molar-refractivity contribution in [1.82, 2.24) is 25.2 Å². The second kappa shape index (κ2) is 7.99. The summed E-state index contributed by atoms with van der Waals surface area (Å²) in [6, 6.07) is 5.77. The number of hydrogen-bond donors (Lipinski definition) is 4. The molecule has 2 aliphatic rings. The highest BCUT2D eigenvalue weighted by molar-refractivity contribution is 6.21. The third-order valence-corrected chi connectivity index (χ3v) is 5.46. The number of aliphatic hydroxyl groups excluding tert-OH is 3. The van der Waals surface area contributed by atoms with Gasteiger partial charge >= 0.3 is 0 Å². The molecule has 10 nitrogen and oxygen atoms in total. The molecule has 29 heavy (non-hydrogen) atoms. The van der Waals surface area contributed by atoms with Crippen LogP contribution in [0.3, 0.4) is 0 Å². The summed E-state index contributed by atoms with van der Waals surface area (Å²) in [4.78, 5) is 26.0. The lowest BCUT2D eigenvalue weighted by molar-refractivity contribution is 0.0175. The Morgan fingerprint density at radius 3 is 2.31 bits per heavy atom. The molecule has 1 aromatic heterocycles. The lowest BCUT2D eigenvalue weighted by atomic mass is 10.1. The first-order chi connectivity index (χ1) is 14.0. The summed E-state index contributed by atoms with van der Waals surface area (Å²) in [5.41, 5.74) is 1.58. The molecule has 1 saturated heterocycles. The Balaban J connectivity index is 1.30. The van der Waals surface area contributed by atoms with Gasteiger partial charge < -0.3 is 20.6 Å². The van der Waals surface area contributed by atoms with Crippen molar-refractivity contribution in [3.8, 4) is 0 Å². The van der Waals surface area contributed by atoms with Crippen LogP contribution in [0.25, 0.3) is 0 Å². The number of carbonyl (C=O) groups is 2. The third kappa shape index (κ3) is 3.67. The lowest BCUT2D eigenvalue weighted by Crippen LogP contribution is -2.38. The van der Waals surface area contributed by atoms with Gasteiger partial charge in [-0.15, -0.1) is 5.10 Å². The maximum atomic E-state index is 12.4. The van der Waals surface area contributed by atoms with Gasteiger partial charge in [0, 0.05) is 12.7 Å². The molecular formula is C19H23N5O5. The molecule has 154 valence electrons. The topological polar surface area (TPSA) is 141 Å². The number of nitrogens with zero attached hydrogens (tertiary/aromatic N) is 4. The highest BCUT2D eigenvalue weighted by atomic mass is 16.3. The summed E-state index contributed by atoms with van der Waals surface area (Å²) in [7, 11) is 0. The standard InChI is InChI=1S/C19H23N5O5/c25-10-15-17(27)16(26)14(20-15)9-23-8-11(21-22-23)4-3-7-24-18(28)12-5-1-2-6-13(12)19(24)29/h1-2,5-6,8,14-17,20,25-27H,3-4,7,9-10H2/t14-,15-,16-,17-/m1/s1. The number of carbonyl (C=O) groups excluding carboxylic acids is 2. The van der Waals surface area contributed by atoms with Crippen molar-refractivity contribution in [3.05, 3.63) is 47.3 Å². The van der Waals surface area contributed by atoms with Gasteiger partial charge in [-0.3, -0.25) is 19.2 Å². The van der Waals surface area contributed by atoms with Gasteiger partial charge in [0.15, 0.2) is 0 Å². The average Bonchev–Trinajstić information content (AvgIpc) is 3.36. The summed E-state index contributed by atoms with van der Waals surface area (Å²) < 4.78 is 1.56. The number of amides is 2. The fraction of sp³-hybridized carbons (Fsp3) is 0.474. The number of nitrogens with one attached hydrogen (secondary N) is 1. The Hall–Kier alpha value is -2.66. The van der Waals surface area contributed by atoms with Crippen LogP contribution in [0.1, 0.15) is 32.8 Å². The summed E-state index contributed by atoms with van der Waals surface area (Å²) in [5, 5.41) is 40.2. The SMILES string of the molecule is O=C1c2ccccc2C(=O)N1CCCc1cn(C[C@H]2N[C@H](CO)[C@@H](O)[C@@H]2O)nn1. The van der Waals surface area contributed by atoms with Crippen molar-refractivity contribution in [2.75, 3.05) is 13.2 Å². The van der Waals surface area contributed by atoms with E-state index < -0.39 is 24.3 Å². The number of benzene rings is 1. The Labute approximate surface area is 166 Å². The molecule has 2 aliphatic heterocycles. The molecule has 0 aliphatic carbocycles. The zero-order chi connectivity index (χ0) is 20.5. The molecule has 0 spiro atoms. The molecule has 2 amide bonds. The van der Waals surface area contributed by atoms with Gasteiger partial charge in [0.25, 0.3) is 11.8 Å². The number of aliphatic hydroxyl groups is 3. The normalized spacial score (nSPS) is 26.4. The van der Waals surface area contributed by atoms with E-state index in [0.717, 1.165) is 0 Å². The van der Waals surface area contributed by atoms with Crippen molar-refractivity contribution in [1.29, 1.82) is 0 Å². The maximum absolute atomic E-state index is 12.4. The number of imide groups is 1. The fourth-order valence-electron chi connectivity index (χ4n) is 3.87. The van der Waals surface area contributed by atoms with E-state index in [-0.39, 0.29) is 18.4 Å². The van der Waals surface area contributed by atoms with E-state index in [9.17, 15) is 24.9 Å². The minimum absolute atomic E-state index is 0.269. The van der Waals surface area contributed by atoms with Gasteiger partial charge in [0.2, 0.25) is 0 Å². The zero-order valence-corrected chi connectivity index (χ0v) is 15.7. The molecule has 0 radical (unpaired) electrons. The first-order valence-electron chi connectivity index (χ1n) is 9.57. The fourth-order valence-corrected chi connectivity index (χ4v) is 3.87. The molecule has 3 heterocycles. The number of rotatable bonds is 7. The predicted octanol–water partition coefficient (Wildman–Crippen LogP) is -1.44. The second-order valence-corrected chi connectivity index (χ2v) is 7.39. The molecule has 4 rings (SSSR count). The summed E-state index contributed by atoms with van der Waals surface area (Å²) in [5.74, 6) is -0.542. The highest BCUT2D eigenvalue weighted by Gasteiger charge is 2.40. The highest BCUT2D eigenvalue weighted by Crippen LogP contribution is 2.22. The van der Waals surface area contributed by atoms with E-state index in [0.29, 0.717) is 42.8 Å². The van der Waals surface area contributed by atoms with Gasteiger partial charge in [-0.25, -0.2) is 0 Å². The molecule has 2 aromatic rings. The van der Waals surface area contributed by atoms with E-state index in [1.54, 1.807) is 35.1 Å². The van der Waals surface area contributed by atoms with Crippen LogP contribution in [0, 0.1) is 0 Å². The Morgan fingerprint density at radius 2 is 1.69 bits per heavy atom. The molecule has 4 atom stereocenters. The van der Waals surface area contributed by atoms with Gasteiger partial charge in [-0.2, -0.15) is 0 Å². The van der Waals surface area contributed by atoms with Gasteiger partial charge in [0.1, 0.15) is 0 Å². The second-order valence-electron chi connectivity index (χ2n) is 7.39. The molecule has 0 unspecified atom stereocenters. The average molecular weight is 401 g/mol. The number of fused-ring (bicyclic) bond motifs is 1.